The van der Waals surface area contributed by atoms with E-state index in [1.54, 1.807) is 11.8 Å². The Morgan fingerprint density at radius 1 is 1.27 bits per heavy atom. The minimum atomic E-state index is -0.765. The summed E-state index contributed by atoms with van der Waals surface area (Å²) in [4.78, 5) is 41.3. The molecule has 0 unspecified atom stereocenters. The Morgan fingerprint density at radius 3 is 2.40 bits per heavy atom. The first kappa shape index (κ1) is 24.4. The van der Waals surface area contributed by atoms with Gasteiger partial charge in [-0.2, -0.15) is 0 Å². The maximum absolute atomic E-state index is 13.7. The van der Waals surface area contributed by atoms with E-state index in [4.69, 9.17) is 4.74 Å². The lowest BCUT2D eigenvalue weighted by molar-refractivity contribution is -0.156. The Morgan fingerprint density at radius 2 is 1.90 bits per heavy atom. The third-order valence-corrected chi connectivity index (χ3v) is 5.88. The molecular formula is C23H38N2O5. The van der Waals surface area contributed by atoms with Gasteiger partial charge in [-0.25, -0.2) is 0 Å². The molecule has 2 amide bonds. The maximum atomic E-state index is 13.7. The number of carbonyl (C=O) groups is 3. The average Bonchev–Trinajstić information content (AvgIpc) is 2.91. The van der Waals surface area contributed by atoms with Crippen molar-refractivity contribution in [2.24, 2.45) is 29.6 Å². The Kier molecular flexibility index (Phi) is 7.72. The maximum Gasteiger partial charge on any atom is 0.310 e. The summed E-state index contributed by atoms with van der Waals surface area (Å²) in [6, 6.07) is -1.25. The molecule has 0 spiro atoms. The number of nitrogens with zero attached hydrogens (tertiary/aromatic N) is 1. The molecule has 7 heteroatoms. The van der Waals surface area contributed by atoms with Gasteiger partial charge >= 0.3 is 5.97 Å². The van der Waals surface area contributed by atoms with Gasteiger partial charge in [0.2, 0.25) is 11.8 Å². The molecule has 1 aliphatic heterocycles. The highest BCUT2D eigenvalue weighted by Crippen LogP contribution is 2.45. The van der Waals surface area contributed by atoms with Crippen LogP contribution in [0.3, 0.4) is 0 Å². The quantitative estimate of drug-likeness (QED) is 0.484. The van der Waals surface area contributed by atoms with Crippen molar-refractivity contribution in [1.29, 1.82) is 0 Å². The van der Waals surface area contributed by atoms with E-state index in [0.717, 1.165) is 0 Å². The normalized spacial score (nSPS) is 29.7. The number of aliphatic hydroxyl groups excluding tert-OH is 1. The van der Waals surface area contributed by atoms with Crippen molar-refractivity contribution in [2.45, 2.75) is 72.5 Å². The molecule has 6 atom stereocenters. The molecule has 0 aromatic rings. The third kappa shape index (κ3) is 5.05. The molecule has 30 heavy (non-hydrogen) atoms. The molecule has 0 aromatic carbocycles. The summed E-state index contributed by atoms with van der Waals surface area (Å²) in [6.45, 7) is 13.4. The van der Waals surface area contributed by atoms with Crippen LogP contribution >= 0.6 is 0 Å². The van der Waals surface area contributed by atoms with Crippen LogP contribution in [0.2, 0.25) is 0 Å². The largest absolute Gasteiger partial charge is 0.466 e. The molecule has 0 aromatic heterocycles. The van der Waals surface area contributed by atoms with Gasteiger partial charge in [-0.05, 0) is 46.0 Å². The van der Waals surface area contributed by atoms with Gasteiger partial charge in [-0.3, -0.25) is 14.4 Å². The molecular weight excluding hydrogens is 384 g/mol. The summed E-state index contributed by atoms with van der Waals surface area (Å²) < 4.78 is 5.28. The molecule has 1 aliphatic carbocycles. The minimum Gasteiger partial charge on any atom is -0.466 e. The summed E-state index contributed by atoms with van der Waals surface area (Å²) in [5.74, 6) is -2.58. The average molecular weight is 423 g/mol. The Labute approximate surface area is 180 Å². The number of allylic oxidation sites excluding steroid dienone is 1. The summed E-state index contributed by atoms with van der Waals surface area (Å²) >= 11 is 0. The number of fused-ring (bicyclic) bond motifs is 1. The smallest absolute Gasteiger partial charge is 0.310 e. The number of hydrogen-bond donors (Lipinski definition) is 2. The fraction of sp³-hybridized carbons (Fsp3) is 0.783. The van der Waals surface area contributed by atoms with Crippen molar-refractivity contribution in [3.63, 3.8) is 0 Å². The van der Waals surface area contributed by atoms with Crippen molar-refractivity contribution in [3.8, 4) is 0 Å². The van der Waals surface area contributed by atoms with Crippen molar-refractivity contribution >= 4 is 17.8 Å². The van der Waals surface area contributed by atoms with Crippen LogP contribution in [0, 0.1) is 29.6 Å². The van der Waals surface area contributed by atoms with Gasteiger partial charge in [0.05, 0.1) is 31.1 Å². The van der Waals surface area contributed by atoms with Crippen molar-refractivity contribution in [3.05, 3.63) is 12.2 Å². The van der Waals surface area contributed by atoms with Crippen LogP contribution in [-0.4, -0.2) is 58.6 Å². The van der Waals surface area contributed by atoms with E-state index >= 15 is 0 Å². The first-order chi connectivity index (χ1) is 13.9. The van der Waals surface area contributed by atoms with Crippen LogP contribution in [0.25, 0.3) is 0 Å². The molecule has 1 saturated heterocycles. The fourth-order valence-electron chi connectivity index (χ4n) is 4.80. The molecule has 0 saturated carbocycles. The van der Waals surface area contributed by atoms with E-state index in [9.17, 15) is 19.5 Å². The number of nitrogens with one attached hydrogen (secondary N) is 1. The molecule has 1 heterocycles. The molecule has 2 N–H and O–H groups in total. The van der Waals surface area contributed by atoms with Gasteiger partial charge in [0.15, 0.2) is 0 Å². The van der Waals surface area contributed by atoms with Gasteiger partial charge in [0.25, 0.3) is 0 Å². The second kappa shape index (κ2) is 9.50. The fourth-order valence-corrected chi connectivity index (χ4v) is 4.80. The number of hydrogen-bond acceptors (Lipinski definition) is 5. The number of esters is 1. The lowest BCUT2D eigenvalue weighted by atomic mass is 9.70. The molecule has 2 aliphatic rings. The van der Waals surface area contributed by atoms with E-state index in [0.29, 0.717) is 6.42 Å². The summed E-state index contributed by atoms with van der Waals surface area (Å²) in [7, 11) is 0. The number of likely N-dealkylation sites (tertiary alicyclic amines) is 1. The first-order valence-corrected chi connectivity index (χ1v) is 11.0. The van der Waals surface area contributed by atoms with Crippen LogP contribution in [0.15, 0.2) is 12.2 Å². The molecule has 0 radical (unpaired) electrons. The van der Waals surface area contributed by atoms with Gasteiger partial charge in [0.1, 0.15) is 6.04 Å². The topological polar surface area (TPSA) is 95.9 Å². The van der Waals surface area contributed by atoms with E-state index in [1.165, 1.54) is 0 Å². The number of carbonyl (C=O) groups excluding carboxylic acids is 3. The number of aliphatic hydroxyl groups is 1. The van der Waals surface area contributed by atoms with Crippen LogP contribution in [0.1, 0.15) is 54.9 Å². The van der Waals surface area contributed by atoms with E-state index < -0.39 is 41.3 Å². The second-order valence-electron chi connectivity index (χ2n) is 10.0. The highest BCUT2D eigenvalue weighted by molar-refractivity contribution is 5.96. The Hall–Kier alpha value is -1.89. The van der Waals surface area contributed by atoms with Crippen molar-refractivity contribution in [1.82, 2.24) is 10.2 Å². The highest BCUT2D eigenvalue weighted by atomic mass is 16.5. The van der Waals surface area contributed by atoms with Crippen LogP contribution in [0.5, 0.6) is 0 Å². The standard InChI is InChI=1S/C23H38N2O5/c1-8-30-22(29)17-14(4)9-10-16-18(17)21(28)25(15(12-26)11-13(2)3)19(16)20(27)24-23(5,6)7/h9-10,13-19,26H,8,11-12H2,1-7H3,(H,24,27)/t14-,15-,16+,17-,18-,19+/m1/s1. The van der Waals surface area contributed by atoms with Crippen LogP contribution < -0.4 is 5.32 Å². The predicted octanol–water partition coefficient (Wildman–Crippen LogP) is 2.14. The van der Waals surface area contributed by atoms with Crippen LogP contribution in [0.4, 0.5) is 0 Å². The minimum absolute atomic E-state index is 0.168. The van der Waals surface area contributed by atoms with E-state index in [-0.39, 0.29) is 36.9 Å². The number of amides is 2. The zero-order valence-electron chi connectivity index (χ0n) is 19.3. The van der Waals surface area contributed by atoms with E-state index in [2.05, 4.69) is 5.32 Å². The number of ether oxygens (including phenoxy) is 1. The summed E-state index contributed by atoms with van der Waals surface area (Å²) in [5.41, 5.74) is -0.469. The van der Waals surface area contributed by atoms with Crippen LogP contribution in [-0.2, 0) is 19.1 Å². The van der Waals surface area contributed by atoms with Crippen molar-refractivity contribution < 1.29 is 24.2 Å². The Balaban J connectivity index is 2.52. The SMILES string of the molecule is CCOC(=O)[C@H]1[C@@H]2C(=O)N([C@@H](CO)CC(C)C)[C@H](C(=O)NC(C)(C)C)[C@H]2C=C[C@H]1C. The second-order valence-corrected chi connectivity index (χ2v) is 10.0. The lowest BCUT2D eigenvalue weighted by Crippen LogP contribution is -2.55. The highest BCUT2D eigenvalue weighted by Gasteiger charge is 2.58. The monoisotopic (exact) mass is 422 g/mol. The molecule has 170 valence electrons. The number of rotatable bonds is 7. The van der Waals surface area contributed by atoms with Gasteiger partial charge < -0.3 is 20.1 Å². The van der Waals surface area contributed by atoms with E-state index in [1.807, 2.05) is 53.7 Å². The molecule has 7 nitrogen and oxygen atoms in total. The zero-order chi connectivity index (χ0) is 22.8. The van der Waals surface area contributed by atoms with Gasteiger partial charge in [0, 0.05) is 11.5 Å². The lowest BCUT2D eigenvalue weighted by Gasteiger charge is -2.35. The van der Waals surface area contributed by atoms with Crippen molar-refractivity contribution in [2.75, 3.05) is 13.2 Å². The van der Waals surface area contributed by atoms with Gasteiger partial charge in [-0.15, -0.1) is 0 Å². The molecule has 2 rings (SSSR count). The Bertz CT molecular complexity index is 682. The zero-order valence-corrected chi connectivity index (χ0v) is 19.3. The summed E-state index contributed by atoms with van der Waals surface area (Å²) in [5, 5.41) is 13.1. The third-order valence-electron chi connectivity index (χ3n) is 5.88. The molecule has 0 bridgehead atoms. The predicted molar refractivity (Wildman–Crippen MR) is 114 cm³/mol. The van der Waals surface area contributed by atoms with Gasteiger partial charge in [-0.1, -0.05) is 32.9 Å². The summed E-state index contributed by atoms with van der Waals surface area (Å²) in [6.07, 6.45) is 4.39. The molecule has 1 fully saturated rings. The first-order valence-electron chi connectivity index (χ1n) is 11.0.